The predicted octanol–water partition coefficient (Wildman–Crippen LogP) is 2.48. The van der Waals surface area contributed by atoms with E-state index in [2.05, 4.69) is 15.4 Å². The second kappa shape index (κ2) is 8.58. The summed E-state index contributed by atoms with van der Waals surface area (Å²) < 4.78 is 38.5. The van der Waals surface area contributed by atoms with Gasteiger partial charge in [-0.15, -0.1) is 0 Å². The third-order valence-corrected chi connectivity index (χ3v) is 6.29. The van der Waals surface area contributed by atoms with Crippen LogP contribution in [0.15, 0.2) is 66.2 Å². The standard InChI is InChI=1S/C22H20FN5O4S/c1-3-19(14-4-9-21(27(30)13-14)33(2,31)32)26-22(29)18-10-24-12-20-17(18)11-25-28(20)16-7-5-15(23)6-8-16/h4-13,19H,3H2,1-2H3,(H,26,29). The van der Waals surface area contributed by atoms with Crippen molar-refractivity contribution in [3.05, 3.63) is 83.3 Å². The number of pyridine rings is 2. The van der Waals surface area contributed by atoms with Gasteiger partial charge in [-0.1, -0.05) is 6.92 Å². The van der Waals surface area contributed by atoms with Gasteiger partial charge in [0, 0.05) is 29.5 Å². The van der Waals surface area contributed by atoms with Gasteiger partial charge in [-0.25, -0.2) is 17.5 Å². The van der Waals surface area contributed by atoms with E-state index in [9.17, 15) is 22.8 Å². The number of amides is 1. The van der Waals surface area contributed by atoms with Crippen molar-refractivity contribution in [1.29, 1.82) is 0 Å². The van der Waals surface area contributed by atoms with Crippen LogP contribution < -0.4 is 10.0 Å². The quantitative estimate of drug-likeness (QED) is 0.342. The number of benzene rings is 1. The smallest absolute Gasteiger partial charge is 0.308 e. The van der Waals surface area contributed by atoms with Crippen molar-refractivity contribution in [3.63, 3.8) is 0 Å². The molecule has 0 aliphatic carbocycles. The summed E-state index contributed by atoms with van der Waals surface area (Å²) in [5.74, 6) is -0.800. The molecule has 0 aliphatic rings. The van der Waals surface area contributed by atoms with Crippen molar-refractivity contribution < 1.29 is 22.3 Å². The van der Waals surface area contributed by atoms with Crippen molar-refractivity contribution >= 4 is 26.6 Å². The number of carbonyl (C=O) groups is 1. The molecule has 0 bridgehead atoms. The second-order valence-electron chi connectivity index (χ2n) is 7.49. The average molecular weight is 469 g/mol. The van der Waals surface area contributed by atoms with Gasteiger partial charge in [0.2, 0.25) is 9.84 Å². The minimum atomic E-state index is -3.67. The molecule has 170 valence electrons. The SMILES string of the molecule is CCC(NC(=O)c1cncc2c1cnn2-c1ccc(F)cc1)c1ccc(S(C)(=O)=O)[n+]([O-])c1. The van der Waals surface area contributed by atoms with Gasteiger partial charge in [0.25, 0.3) is 5.91 Å². The van der Waals surface area contributed by atoms with E-state index in [1.807, 2.05) is 6.92 Å². The minimum absolute atomic E-state index is 0.280. The highest BCUT2D eigenvalue weighted by Crippen LogP contribution is 2.23. The summed E-state index contributed by atoms with van der Waals surface area (Å²) in [6.45, 7) is 1.83. The monoisotopic (exact) mass is 469 g/mol. The normalized spacial score (nSPS) is 12.6. The molecule has 3 heterocycles. The van der Waals surface area contributed by atoms with Crippen LogP contribution in [0, 0.1) is 11.0 Å². The van der Waals surface area contributed by atoms with Gasteiger partial charge in [-0.2, -0.15) is 9.83 Å². The van der Waals surface area contributed by atoms with Crippen LogP contribution in [-0.2, 0) is 9.84 Å². The summed E-state index contributed by atoms with van der Waals surface area (Å²) in [5.41, 5.74) is 1.93. The zero-order chi connectivity index (χ0) is 23.8. The van der Waals surface area contributed by atoms with Crippen LogP contribution in [0.2, 0.25) is 0 Å². The summed E-state index contributed by atoms with van der Waals surface area (Å²) in [6, 6.07) is 7.96. The first-order chi connectivity index (χ1) is 15.7. The van der Waals surface area contributed by atoms with Gasteiger partial charge in [0.15, 0.2) is 6.20 Å². The van der Waals surface area contributed by atoms with Crippen molar-refractivity contribution in [2.75, 3.05) is 6.26 Å². The highest BCUT2D eigenvalue weighted by Gasteiger charge is 2.23. The van der Waals surface area contributed by atoms with Crippen molar-refractivity contribution in [3.8, 4) is 5.69 Å². The molecule has 0 saturated carbocycles. The first-order valence-electron chi connectivity index (χ1n) is 10.0. The molecule has 0 saturated heterocycles. The Kier molecular flexibility index (Phi) is 5.81. The summed E-state index contributed by atoms with van der Waals surface area (Å²) in [5, 5.41) is 19.5. The van der Waals surface area contributed by atoms with Crippen LogP contribution in [0.25, 0.3) is 16.6 Å². The lowest BCUT2D eigenvalue weighted by atomic mass is 10.1. The van der Waals surface area contributed by atoms with Crippen LogP contribution >= 0.6 is 0 Å². The predicted molar refractivity (Wildman–Crippen MR) is 118 cm³/mol. The summed E-state index contributed by atoms with van der Waals surface area (Å²) in [7, 11) is -3.67. The fourth-order valence-corrected chi connectivity index (χ4v) is 4.24. The number of nitrogens with zero attached hydrogens (tertiary/aromatic N) is 4. The summed E-state index contributed by atoms with van der Waals surface area (Å²) in [6.07, 6.45) is 7.07. The molecule has 4 aromatic rings. The molecule has 9 nitrogen and oxygen atoms in total. The Balaban J connectivity index is 1.65. The number of carbonyl (C=O) groups excluding carboxylic acids is 1. The first kappa shape index (κ1) is 22.3. The van der Waals surface area contributed by atoms with Crippen LogP contribution in [-0.4, -0.2) is 35.3 Å². The molecule has 0 fully saturated rings. The molecule has 0 spiro atoms. The highest BCUT2D eigenvalue weighted by atomic mass is 32.2. The Hall–Kier alpha value is -3.86. The number of hydrogen-bond acceptors (Lipinski definition) is 6. The molecule has 3 aromatic heterocycles. The van der Waals surface area contributed by atoms with E-state index in [-0.39, 0.29) is 21.1 Å². The lowest BCUT2D eigenvalue weighted by molar-refractivity contribution is -0.647. The first-order valence-corrected chi connectivity index (χ1v) is 11.9. The lowest BCUT2D eigenvalue weighted by Gasteiger charge is -2.17. The number of nitrogens with one attached hydrogen (secondary N) is 1. The molecule has 1 unspecified atom stereocenters. The van der Waals surface area contributed by atoms with Gasteiger partial charge in [0.05, 0.1) is 35.2 Å². The summed E-state index contributed by atoms with van der Waals surface area (Å²) in [4.78, 5) is 17.2. The number of halogens is 1. The molecule has 11 heteroatoms. The molecular weight excluding hydrogens is 449 g/mol. The molecule has 1 aromatic carbocycles. The Morgan fingerprint density at radius 1 is 1.18 bits per heavy atom. The van der Waals surface area contributed by atoms with Crippen LogP contribution in [0.3, 0.4) is 0 Å². The van der Waals surface area contributed by atoms with E-state index in [0.717, 1.165) is 12.5 Å². The van der Waals surface area contributed by atoms with E-state index in [1.165, 1.54) is 36.7 Å². The van der Waals surface area contributed by atoms with Gasteiger partial charge in [0.1, 0.15) is 5.82 Å². The molecule has 1 atom stereocenters. The molecule has 1 N–H and O–H groups in total. The average Bonchev–Trinajstić information content (AvgIpc) is 3.21. The van der Waals surface area contributed by atoms with E-state index in [4.69, 9.17) is 0 Å². The van der Waals surface area contributed by atoms with Gasteiger partial charge < -0.3 is 10.5 Å². The van der Waals surface area contributed by atoms with E-state index in [1.54, 1.807) is 23.0 Å². The number of sulfone groups is 1. The number of fused-ring (bicyclic) bond motifs is 1. The van der Waals surface area contributed by atoms with E-state index < -0.39 is 21.8 Å². The molecule has 0 radical (unpaired) electrons. The Morgan fingerprint density at radius 3 is 2.55 bits per heavy atom. The third-order valence-electron chi connectivity index (χ3n) is 5.21. The molecule has 1 amide bonds. The molecule has 33 heavy (non-hydrogen) atoms. The number of hydrogen-bond donors (Lipinski definition) is 1. The van der Waals surface area contributed by atoms with Crippen molar-refractivity contribution in [1.82, 2.24) is 20.1 Å². The van der Waals surface area contributed by atoms with Crippen LogP contribution in [0.1, 0.15) is 35.3 Å². The maximum absolute atomic E-state index is 13.3. The maximum atomic E-state index is 13.3. The topological polar surface area (TPSA) is 121 Å². The Bertz CT molecular complexity index is 1450. The van der Waals surface area contributed by atoms with Crippen LogP contribution in [0.4, 0.5) is 4.39 Å². The largest absolute Gasteiger partial charge is 0.618 e. The summed E-state index contributed by atoms with van der Waals surface area (Å²) >= 11 is 0. The van der Waals surface area contributed by atoms with Gasteiger partial charge in [-0.3, -0.25) is 9.78 Å². The number of aromatic nitrogens is 4. The van der Waals surface area contributed by atoms with Gasteiger partial charge >= 0.3 is 5.03 Å². The van der Waals surface area contributed by atoms with Gasteiger partial charge in [-0.05, 0) is 36.8 Å². The van der Waals surface area contributed by atoms with Crippen molar-refractivity contribution in [2.45, 2.75) is 24.4 Å². The Morgan fingerprint density at radius 2 is 1.91 bits per heavy atom. The van der Waals surface area contributed by atoms with E-state index >= 15 is 0 Å². The minimum Gasteiger partial charge on any atom is -0.618 e. The fraction of sp³-hybridized carbons (Fsp3) is 0.182. The van der Waals surface area contributed by atoms with E-state index in [0.29, 0.717) is 28.6 Å². The molecular formula is C22H20FN5O4S. The molecule has 0 aliphatic heterocycles. The van der Waals surface area contributed by atoms with Crippen LogP contribution in [0.5, 0.6) is 0 Å². The zero-order valence-electron chi connectivity index (χ0n) is 17.8. The number of rotatable bonds is 6. The van der Waals surface area contributed by atoms with Crippen molar-refractivity contribution in [2.24, 2.45) is 0 Å². The Labute approximate surface area is 189 Å². The third kappa shape index (κ3) is 4.40. The molecule has 4 rings (SSSR count). The highest BCUT2D eigenvalue weighted by molar-refractivity contribution is 7.90. The lowest BCUT2D eigenvalue weighted by Crippen LogP contribution is -2.36. The fourth-order valence-electron chi connectivity index (χ4n) is 3.54. The maximum Gasteiger partial charge on any atom is 0.308 e. The second-order valence-corrected chi connectivity index (χ2v) is 9.45. The zero-order valence-corrected chi connectivity index (χ0v) is 18.6.